The molecule has 2 rings (SSSR count). The molecule has 1 aromatic carbocycles. The van der Waals surface area contributed by atoms with Gasteiger partial charge in [-0.05, 0) is 46.6 Å². The Kier molecular flexibility index (Phi) is 5.28. The maximum Gasteiger partial charge on any atom is 0.148 e. The predicted molar refractivity (Wildman–Crippen MR) is 85.1 cm³/mol. The van der Waals surface area contributed by atoms with Crippen molar-refractivity contribution in [1.82, 2.24) is 0 Å². The molecule has 0 spiro atoms. The quantitative estimate of drug-likeness (QED) is 0.812. The average Bonchev–Trinajstić information content (AvgIpc) is 2.83. The van der Waals surface area contributed by atoms with Crippen LogP contribution in [0, 0.1) is 0 Å². The molecule has 0 saturated carbocycles. The zero-order chi connectivity index (χ0) is 13.8. The minimum absolute atomic E-state index is 0.0678. The van der Waals surface area contributed by atoms with Crippen molar-refractivity contribution < 1.29 is 4.74 Å². The third-order valence-electron chi connectivity index (χ3n) is 2.83. The van der Waals surface area contributed by atoms with E-state index in [4.69, 9.17) is 22.1 Å². The van der Waals surface area contributed by atoms with E-state index in [0.717, 1.165) is 15.1 Å². The van der Waals surface area contributed by atoms with Crippen LogP contribution in [0.5, 0.6) is 5.75 Å². The number of hydrogen-bond donors (Lipinski definition) is 1. The van der Waals surface area contributed by atoms with Crippen LogP contribution in [0.1, 0.15) is 24.3 Å². The van der Waals surface area contributed by atoms with Gasteiger partial charge in [-0.1, -0.05) is 30.7 Å². The molecule has 0 aliphatic carbocycles. The standard InChI is InChI=1S/C14H15BrClNOS/c1-2-10(17)14(12-7-8-13(15)19-12)18-11-6-4-3-5-9(11)16/h3-8,10,14H,2,17H2,1H3. The molecule has 0 radical (unpaired) electrons. The number of rotatable bonds is 5. The van der Waals surface area contributed by atoms with Crippen LogP contribution in [0.15, 0.2) is 40.2 Å². The zero-order valence-corrected chi connectivity index (χ0v) is 13.6. The van der Waals surface area contributed by atoms with Crippen LogP contribution in [0.25, 0.3) is 0 Å². The first-order chi connectivity index (χ1) is 9.11. The van der Waals surface area contributed by atoms with Crippen LogP contribution >= 0.6 is 38.9 Å². The second-order valence-electron chi connectivity index (χ2n) is 4.18. The van der Waals surface area contributed by atoms with Gasteiger partial charge in [0.1, 0.15) is 11.9 Å². The first-order valence-electron chi connectivity index (χ1n) is 6.03. The van der Waals surface area contributed by atoms with Crippen molar-refractivity contribution in [1.29, 1.82) is 0 Å². The van der Waals surface area contributed by atoms with Crippen LogP contribution < -0.4 is 10.5 Å². The Labute approximate surface area is 130 Å². The molecule has 2 unspecified atom stereocenters. The van der Waals surface area contributed by atoms with E-state index in [9.17, 15) is 0 Å². The Morgan fingerprint density at radius 1 is 1.32 bits per heavy atom. The monoisotopic (exact) mass is 359 g/mol. The summed E-state index contributed by atoms with van der Waals surface area (Å²) in [6, 6.07) is 11.4. The molecule has 1 heterocycles. The molecule has 0 aliphatic heterocycles. The highest BCUT2D eigenvalue weighted by Gasteiger charge is 2.23. The van der Waals surface area contributed by atoms with Crippen molar-refractivity contribution in [2.24, 2.45) is 5.73 Å². The van der Waals surface area contributed by atoms with Crippen molar-refractivity contribution in [2.45, 2.75) is 25.5 Å². The van der Waals surface area contributed by atoms with Gasteiger partial charge in [0.2, 0.25) is 0 Å². The van der Waals surface area contributed by atoms with Crippen LogP contribution in [0.3, 0.4) is 0 Å². The fourth-order valence-electron chi connectivity index (χ4n) is 1.73. The highest BCUT2D eigenvalue weighted by atomic mass is 79.9. The number of halogens is 2. The molecule has 2 nitrogen and oxygen atoms in total. The Bertz CT molecular complexity index is 546. The molecular formula is C14H15BrClNOS. The first kappa shape index (κ1) is 14.9. The van der Waals surface area contributed by atoms with Gasteiger partial charge < -0.3 is 10.5 Å². The summed E-state index contributed by atoms with van der Waals surface area (Å²) < 4.78 is 7.10. The highest BCUT2D eigenvalue weighted by molar-refractivity contribution is 9.11. The zero-order valence-electron chi connectivity index (χ0n) is 10.5. The number of para-hydroxylation sites is 1. The summed E-state index contributed by atoms with van der Waals surface area (Å²) in [6.45, 7) is 2.05. The summed E-state index contributed by atoms with van der Waals surface area (Å²) in [5.41, 5.74) is 6.18. The topological polar surface area (TPSA) is 35.2 Å². The summed E-state index contributed by atoms with van der Waals surface area (Å²) in [5.74, 6) is 0.669. The van der Waals surface area contributed by atoms with Crippen molar-refractivity contribution in [2.75, 3.05) is 0 Å². The normalized spacial score (nSPS) is 14.1. The molecule has 1 aromatic heterocycles. The lowest BCUT2D eigenvalue weighted by molar-refractivity contribution is 0.175. The minimum atomic E-state index is -0.179. The Morgan fingerprint density at radius 3 is 2.63 bits per heavy atom. The summed E-state index contributed by atoms with van der Waals surface area (Å²) >= 11 is 11.2. The summed E-state index contributed by atoms with van der Waals surface area (Å²) in [6.07, 6.45) is 0.658. The van der Waals surface area contributed by atoms with Crippen molar-refractivity contribution >= 4 is 38.9 Å². The van der Waals surface area contributed by atoms with E-state index in [1.807, 2.05) is 36.4 Å². The molecule has 2 N–H and O–H groups in total. The van der Waals surface area contributed by atoms with Gasteiger partial charge in [0.15, 0.2) is 0 Å². The van der Waals surface area contributed by atoms with Crippen LogP contribution in [-0.4, -0.2) is 6.04 Å². The SMILES string of the molecule is CCC(N)C(Oc1ccccc1Cl)c1ccc(Br)s1. The molecule has 2 atom stereocenters. The first-order valence-corrected chi connectivity index (χ1v) is 8.02. The molecule has 2 aromatic rings. The van der Waals surface area contributed by atoms with Gasteiger partial charge in [-0.3, -0.25) is 0 Å². The fraction of sp³-hybridized carbons (Fsp3) is 0.286. The molecule has 0 aliphatic rings. The second kappa shape index (κ2) is 6.75. The maximum atomic E-state index is 6.18. The molecule has 0 bridgehead atoms. The molecule has 102 valence electrons. The number of nitrogens with two attached hydrogens (primary N) is 1. The number of hydrogen-bond acceptors (Lipinski definition) is 3. The molecule has 0 amide bonds. The van der Waals surface area contributed by atoms with E-state index < -0.39 is 0 Å². The maximum absolute atomic E-state index is 6.18. The Balaban J connectivity index is 2.27. The molecule has 19 heavy (non-hydrogen) atoms. The van der Waals surface area contributed by atoms with E-state index >= 15 is 0 Å². The number of ether oxygens (including phenoxy) is 1. The molecule has 0 saturated heterocycles. The van der Waals surface area contributed by atoms with Gasteiger partial charge in [0.05, 0.1) is 8.81 Å². The lowest BCUT2D eigenvalue weighted by Gasteiger charge is -2.23. The van der Waals surface area contributed by atoms with E-state index in [2.05, 4.69) is 22.9 Å². The van der Waals surface area contributed by atoms with Gasteiger partial charge in [-0.15, -0.1) is 11.3 Å². The van der Waals surface area contributed by atoms with Crippen molar-refractivity contribution in [3.63, 3.8) is 0 Å². The van der Waals surface area contributed by atoms with Crippen LogP contribution in [-0.2, 0) is 0 Å². The Morgan fingerprint density at radius 2 is 2.05 bits per heavy atom. The smallest absolute Gasteiger partial charge is 0.148 e. The molecular weight excluding hydrogens is 346 g/mol. The summed E-state index contributed by atoms with van der Waals surface area (Å²) in [7, 11) is 0. The fourth-order valence-corrected chi connectivity index (χ4v) is 3.44. The third-order valence-corrected chi connectivity index (χ3v) is 4.82. The van der Waals surface area contributed by atoms with Crippen LogP contribution in [0.2, 0.25) is 5.02 Å². The molecule has 5 heteroatoms. The lowest BCUT2D eigenvalue weighted by atomic mass is 10.1. The third kappa shape index (κ3) is 3.72. The molecule has 0 fully saturated rings. The van der Waals surface area contributed by atoms with E-state index in [0.29, 0.717) is 10.8 Å². The van der Waals surface area contributed by atoms with E-state index in [-0.39, 0.29) is 12.1 Å². The van der Waals surface area contributed by atoms with Crippen molar-refractivity contribution in [3.8, 4) is 5.75 Å². The average molecular weight is 361 g/mol. The predicted octanol–water partition coefficient (Wildman–Crippen LogP) is 5.02. The number of thiophene rings is 1. The van der Waals surface area contributed by atoms with Crippen LogP contribution in [0.4, 0.5) is 0 Å². The Hall–Kier alpha value is -0.550. The van der Waals surface area contributed by atoms with Gasteiger partial charge in [-0.25, -0.2) is 0 Å². The van der Waals surface area contributed by atoms with Gasteiger partial charge in [0.25, 0.3) is 0 Å². The number of benzene rings is 1. The van der Waals surface area contributed by atoms with Gasteiger partial charge >= 0.3 is 0 Å². The largest absolute Gasteiger partial charge is 0.482 e. The minimum Gasteiger partial charge on any atom is -0.482 e. The van der Waals surface area contributed by atoms with E-state index in [1.165, 1.54) is 0 Å². The lowest BCUT2D eigenvalue weighted by Crippen LogP contribution is -2.30. The van der Waals surface area contributed by atoms with E-state index in [1.54, 1.807) is 11.3 Å². The summed E-state index contributed by atoms with van der Waals surface area (Å²) in [4.78, 5) is 1.10. The van der Waals surface area contributed by atoms with Crippen molar-refractivity contribution in [3.05, 3.63) is 50.1 Å². The summed E-state index contributed by atoms with van der Waals surface area (Å²) in [5, 5.41) is 0.603. The van der Waals surface area contributed by atoms with Gasteiger partial charge in [0, 0.05) is 10.9 Å². The van der Waals surface area contributed by atoms with Gasteiger partial charge in [-0.2, -0.15) is 0 Å². The highest BCUT2D eigenvalue weighted by Crippen LogP contribution is 2.35. The second-order valence-corrected chi connectivity index (χ2v) is 7.08.